The average Bonchev–Trinajstić information content (AvgIpc) is 3.22. The Labute approximate surface area is 226 Å². The minimum atomic E-state index is -0.732. The van der Waals surface area contributed by atoms with E-state index in [1.165, 1.54) is 6.42 Å². The summed E-state index contributed by atoms with van der Waals surface area (Å²) in [5, 5.41) is 0.950. The van der Waals surface area contributed by atoms with E-state index in [4.69, 9.17) is 25.5 Å². The fraction of sp³-hybridized carbons (Fsp3) is 0.290. The summed E-state index contributed by atoms with van der Waals surface area (Å²) in [6.45, 7) is 4.66. The Morgan fingerprint density at radius 1 is 0.974 bits per heavy atom. The third-order valence-electron chi connectivity index (χ3n) is 6.97. The molecule has 0 N–H and O–H groups in total. The molecule has 0 spiro atoms. The highest BCUT2D eigenvalue weighted by Crippen LogP contribution is 2.44. The third kappa shape index (κ3) is 4.65. The molecule has 0 fully saturated rings. The summed E-state index contributed by atoms with van der Waals surface area (Å²) >= 11 is 6.45. The van der Waals surface area contributed by atoms with Crippen LogP contribution in [-0.2, 0) is 0 Å². The van der Waals surface area contributed by atoms with Crippen LogP contribution in [0.25, 0.3) is 11.0 Å². The molecule has 4 aromatic rings. The number of ether oxygens (including phenoxy) is 2. The van der Waals surface area contributed by atoms with Gasteiger partial charge in [-0.2, -0.15) is 0 Å². The van der Waals surface area contributed by atoms with Crippen molar-refractivity contribution in [3.8, 4) is 11.5 Å². The highest BCUT2D eigenvalue weighted by Gasteiger charge is 2.44. The fourth-order valence-corrected chi connectivity index (χ4v) is 5.09. The number of halogens is 1. The van der Waals surface area contributed by atoms with Gasteiger partial charge in [-0.15, -0.1) is 0 Å². The molecule has 0 bridgehead atoms. The Bertz CT molecular complexity index is 1560. The zero-order chi connectivity index (χ0) is 26.8. The van der Waals surface area contributed by atoms with E-state index < -0.39 is 11.9 Å². The van der Waals surface area contributed by atoms with Crippen molar-refractivity contribution in [1.29, 1.82) is 0 Å². The molecule has 0 aliphatic carbocycles. The molecule has 0 saturated carbocycles. The van der Waals surface area contributed by atoms with E-state index in [0.29, 0.717) is 50.9 Å². The van der Waals surface area contributed by atoms with Crippen LogP contribution in [0.5, 0.6) is 11.5 Å². The highest BCUT2D eigenvalue weighted by molar-refractivity contribution is 6.31. The van der Waals surface area contributed by atoms with Gasteiger partial charge in [0.25, 0.3) is 5.91 Å². The van der Waals surface area contributed by atoms with Crippen molar-refractivity contribution in [3.63, 3.8) is 0 Å². The van der Waals surface area contributed by atoms with Crippen molar-refractivity contribution < 1.29 is 18.7 Å². The van der Waals surface area contributed by atoms with E-state index in [9.17, 15) is 9.59 Å². The molecule has 0 saturated heterocycles. The predicted molar refractivity (Wildman–Crippen MR) is 150 cm³/mol. The lowest BCUT2D eigenvalue weighted by atomic mass is 9.97. The molecule has 1 atom stereocenters. The van der Waals surface area contributed by atoms with Gasteiger partial charge in [0.1, 0.15) is 5.58 Å². The molecule has 1 unspecified atom stereocenters. The van der Waals surface area contributed by atoms with E-state index >= 15 is 0 Å². The van der Waals surface area contributed by atoms with E-state index in [0.717, 1.165) is 24.8 Å². The predicted octanol–water partition coefficient (Wildman–Crippen LogP) is 7.47. The van der Waals surface area contributed by atoms with Crippen LogP contribution < -0.4 is 19.8 Å². The summed E-state index contributed by atoms with van der Waals surface area (Å²) in [4.78, 5) is 29.2. The molecule has 6 nitrogen and oxygen atoms in total. The molecule has 196 valence electrons. The van der Waals surface area contributed by atoms with Gasteiger partial charge in [0.05, 0.1) is 30.7 Å². The molecule has 38 heavy (non-hydrogen) atoms. The number of hydrogen-bond acceptors (Lipinski definition) is 5. The molecule has 1 aliphatic rings. The molecule has 3 aromatic carbocycles. The zero-order valence-corrected chi connectivity index (χ0v) is 22.5. The minimum Gasteiger partial charge on any atom is -0.493 e. The monoisotopic (exact) mass is 531 g/mol. The second-order valence-electron chi connectivity index (χ2n) is 9.50. The molecule has 1 aromatic heterocycles. The number of unbranched alkanes of at least 4 members (excludes halogenated alkanes) is 3. The SMILES string of the molecule is CCCCCCOc1ccc(C2c3c(oc4ccccc4c3=O)C(=O)N2c2ccc(C)c(Cl)c2)cc1OC. The number of anilines is 1. The normalized spacial score (nSPS) is 14.7. The van der Waals surface area contributed by atoms with Gasteiger partial charge in [0.15, 0.2) is 16.9 Å². The Morgan fingerprint density at radius 2 is 1.79 bits per heavy atom. The molecule has 7 heteroatoms. The maximum atomic E-state index is 13.8. The van der Waals surface area contributed by atoms with Crippen LogP contribution in [0.2, 0.25) is 5.02 Å². The van der Waals surface area contributed by atoms with Gasteiger partial charge in [-0.1, -0.05) is 62.1 Å². The van der Waals surface area contributed by atoms with E-state index in [-0.39, 0.29) is 11.2 Å². The summed E-state index contributed by atoms with van der Waals surface area (Å²) in [5.41, 5.74) is 2.58. The molecule has 1 amide bonds. The summed E-state index contributed by atoms with van der Waals surface area (Å²) in [6.07, 6.45) is 4.39. The number of carbonyl (C=O) groups is 1. The Kier molecular flexibility index (Phi) is 7.43. The van der Waals surface area contributed by atoms with Gasteiger partial charge in [-0.25, -0.2) is 0 Å². The molecule has 5 rings (SSSR count). The van der Waals surface area contributed by atoms with E-state index in [2.05, 4.69) is 6.92 Å². The average molecular weight is 532 g/mol. The van der Waals surface area contributed by atoms with Gasteiger partial charge in [0, 0.05) is 10.7 Å². The van der Waals surface area contributed by atoms with Crippen molar-refractivity contribution in [2.45, 2.75) is 45.6 Å². The van der Waals surface area contributed by atoms with Crippen LogP contribution in [0.1, 0.15) is 65.9 Å². The summed E-state index contributed by atoms with van der Waals surface area (Å²) in [7, 11) is 1.58. The summed E-state index contributed by atoms with van der Waals surface area (Å²) < 4.78 is 17.7. The van der Waals surface area contributed by atoms with Crippen molar-refractivity contribution in [1.82, 2.24) is 0 Å². The third-order valence-corrected chi connectivity index (χ3v) is 7.38. The van der Waals surface area contributed by atoms with E-state index in [1.807, 2.05) is 37.3 Å². The van der Waals surface area contributed by atoms with Crippen LogP contribution in [0.15, 0.2) is 69.9 Å². The minimum absolute atomic E-state index is 0.0330. The molecule has 0 radical (unpaired) electrons. The zero-order valence-electron chi connectivity index (χ0n) is 21.8. The van der Waals surface area contributed by atoms with Gasteiger partial charge in [0.2, 0.25) is 5.76 Å². The first kappa shape index (κ1) is 25.9. The van der Waals surface area contributed by atoms with Crippen molar-refractivity contribution in [2.75, 3.05) is 18.6 Å². The number of rotatable bonds is 9. The number of methoxy groups -OCH3 is 1. The highest BCUT2D eigenvalue weighted by atomic mass is 35.5. The molecule has 2 heterocycles. The quantitative estimate of drug-likeness (QED) is 0.209. The lowest BCUT2D eigenvalue weighted by molar-refractivity contribution is 0.0971. The van der Waals surface area contributed by atoms with Gasteiger partial charge in [-0.05, 0) is 60.9 Å². The summed E-state index contributed by atoms with van der Waals surface area (Å²) in [6, 6.07) is 17.2. The van der Waals surface area contributed by atoms with Crippen LogP contribution in [0.4, 0.5) is 5.69 Å². The van der Waals surface area contributed by atoms with Gasteiger partial charge >= 0.3 is 0 Å². The first-order valence-corrected chi connectivity index (χ1v) is 13.3. The number of para-hydroxylation sites is 1. The van der Waals surface area contributed by atoms with Crippen LogP contribution >= 0.6 is 11.6 Å². The largest absolute Gasteiger partial charge is 0.493 e. The Morgan fingerprint density at radius 3 is 2.55 bits per heavy atom. The van der Waals surface area contributed by atoms with Crippen molar-refractivity contribution >= 4 is 34.2 Å². The smallest absolute Gasteiger partial charge is 0.295 e. The number of amides is 1. The number of carbonyl (C=O) groups excluding carboxylic acids is 1. The lowest BCUT2D eigenvalue weighted by Gasteiger charge is -2.26. The second kappa shape index (κ2) is 10.9. The maximum Gasteiger partial charge on any atom is 0.295 e. The van der Waals surface area contributed by atoms with Crippen molar-refractivity contribution in [2.24, 2.45) is 0 Å². The van der Waals surface area contributed by atoms with Crippen molar-refractivity contribution in [3.05, 3.63) is 98.4 Å². The maximum absolute atomic E-state index is 13.8. The Balaban J connectivity index is 1.63. The first-order valence-electron chi connectivity index (χ1n) is 12.9. The number of hydrogen-bond donors (Lipinski definition) is 0. The molecule has 1 aliphatic heterocycles. The first-order chi connectivity index (χ1) is 18.4. The number of benzene rings is 3. The lowest BCUT2D eigenvalue weighted by Crippen LogP contribution is -2.29. The number of aryl methyl sites for hydroxylation is 1. The van der Waals surface area contributed by atoms with Crippen LogP contribution in [0, 0.1) is 6.92 Å². The number of fused-ring (bicyclic) bond motifs is 2. The molecular formula is C31H30ClNO5. The topological polar surface area (TPSA) is 69.0 Å². The van der Waals surface area contributed by atoms with Crippen LogP contribution in [0.3, 0.4) is 0 Å². The Hall–Kier alpha value is -3.77. The standard InChI is InChI=1S/C31H30ClNO5/c1-4-5-6-9-16-37-25-15-13-20(17-26(25)36-3)28-27-29(34)22-10-7-8-11-24(22)38-30(27)31(35)33(28)21-14-12-19(2)23(32)18-21/h7-8,10-15,17-18,28H,4-6,9,16H2,1-3H3. The fourth-order valence-electron chi connectivity index (χ4n) is 4.92. The summed E-state index contributed by atoms with van der Waals surface area (Å²) in [5.74, 6) is 0.785. The van der Waals surface area contributed by atoms with Gasteiger partial charge in [-0.3, -0.25) is 14.5 Å². The van der Waals surface area contributed by atoms with Crippen LogP contribution in [-0.4, -0.2) is 19.6 Å². The van der Waals surface area contributed by atoms with Gasteiger partial charge < -0.3 is 13.9 Å². The van der Waals surface area contributed by atoms with E-state index in [1.54, 1.807) is 42.3 Å². The second-order valence-corrected chi connectivity index (χ2v) is 9.91. The molecular weight excluding hydrogens is 502 g/mol. The number of nitrogens with zero attached hydrogens (tertiary/aromatic N) is 1.